The van der Waals surface area contributed by atoms with Crippen LogP contribution < -0.4 is 10.1 Å². The average Bonchev–Trinajstić information content (AvgIpc) is 2.26. The highest BCUT2D eigenvalue weighted by Gasteiger charge is 2.03. The zero-order valence-corrected chi connectivity index (χ0v) is 8.19. The van der Waals surface area contributed by atoms with Crippen molar-refractivity contribution in [2.45, 2.75) is 0 Å². The third kappa shape index (κ3) is 3.30. The number of hydrogen-bond donors (Lipinski definition) is 2. The van der Waals surface area contributed by atoms with Gasteiger partial charge in [-0.3, -0.25) is 4.79 Å². The molecule has 1 aromatic rings. The number of amides is 1. The molecule has 0 aliphatic heterocycles. The summed E-state index contributed by atoms with van der Waals surface area (Å²) in [6.07, 6.45) is 0. The molecule has 1 amide bonds. The number of rotatable bonds is 4. The second-order valence-electron chi connectivity index (χ2n) is 2.79. The Morgan fingerprint density at radius 2 is 1.93 bits per heavy atom. The van der Waals surface area contributed by atoms with E-state index in [1.807, 2.05) is 0 Å². The molecule has 0 fully saturated rings. The van der Waals surface area contributed by atoms with Crippen LogP contribution >= 0.6 is 0 Å². The molecule has 2 N–H and O–H groups in total. The van der Waals surface area contributed by atoms with Crippen LogP contribution in [0.25, 0.3) is 0 Å². The number of benzene rings is 1. The molecule has 1 aromatic carbocycles. The summed E-state index contributed by atoms with van der Waals surface area (Å²) < 4.78 is 5.09. The van der Waals surface area contributed by atoms with Gasteiger partial charge in [-0.2, -0.15) is 0 Å². The first-order valence-electron chi connectivity index (χ1n) is 4.30. The van der Waals surface area contributed by atoms with Gasteiger partial charge in [-0.15, -0.1) is 0 Å². The lowest BCUT2D eigenvalue weighted by Gasteiger charge is -2.04. The first kappa shape index (κ1) is 11.0. The fourth-order valence-electron chi connectivity index (χ4n) is 0.915. The van der Waals surface area contributed by atoms with Gasteiger partial charge in [0, 0.05) is 7.05 Å². The zero-order valence-electron chi connectivity index (χ0n) is 8.19. The van der Waals surface area contributed by atoms with E-state index in [4.69, 9.17) is 9.84 Å². The molecule has 0 radical (unpaired) electrons. The minimum atomic E-state index is -0.993. The summed E-state index contributed by atoms with van der Waals surface area (Å²) in [7, 11) is 1.51. The molecule has 0 aliphatic carbocycles. The van der Waals surface area contributed by atoms with Crippen molar-refractivity contribution < 1.29 is 19.4 Å². The van der Waals surface area contributed by atoms with Crippen molar-refractivity contribution in [3.63, 3.8) is 0 Å². The monoisotopic (exact) mass is 209 g/mol. The molecule has 5 heteroatoms. The number of carboxylic acid groups (broad SMARTS) is 1. The lowest BCUT2D eigenvalue weighted by molar-refractivity contribution is -0.122. The van der Waals surface area contributed by atoms with Crippen LogP contribution in [0, 0.1) is 0 Å². The minimum absolute atomic E-state index is 0.0804. The van der Waals surface area contributed by atoms with Gasteiger partial charge in [-0.25, -0.2) is 4.79 Å². The molecule has 0 atom stereocenters. The van der Waals surface area contributed by atoms with E-state index in [9.17, 15) is 9.59 Å². The summed E-state index contributed by atoms with van der Waals surface area (Å²) in [5, 5.41) is 11.0. The maximum absolute atomic E-state index is 10.8. The van der Waals surface area contributed by atoms with Crippen LogP contribution in [-0.2, 0) is 4.79 Å². The molecular formula is C10H11NO4. The van der Waals surface area contributed by atoms with Gasteiger partial charge in [0.05, 0.1) is 5.56 Å². The summed E-state index contributed by atoms with van der Waals surface area (Å²) in [5.74, 6) is -0.770. The number of hydrogen-bond acceptors (Lipinski definition) is 3. The van der Waals surface area contributed by atoms with Crippen LogP contribution in [-0.4, -0.2) is 30.6 Å². The number of carboxylic acids is 1. The van der Waals surface area contributed by atoms with Crippen molar-refractivity contribution in [1.29, 1.82) is 0 Å². The second-order valence-corrected chi connectivity index (χ2v) is 2.79. The van der Waals surface area contributed by atoms with E-state index >= 15 is 0 Å². The zero-order chi connectivity index (χ0) is 11.3. The van der Waals surface area contributed by atoms with Gasteiger partial charge < -0.3 is 15.2 Å². The Hall–Kier alpha value is -2.04. The standard InChI is InChI=1S/C10H11NO4/c1-11-9(12)6-15-8-4-2-7(3-5-8)10(13)14/h2-5H,6H2,1H3,(H,11,12)(H,13,14). The van der Waals surface area contributed by atoms with E-state index in [0.29, 0.717) is 5.75 Å². The summed E-state index contributed by atoms with van der Waals surface area (Å²) >= 11 is 0. The summed E-state index contributed by atoms with van der Waals surface area (Å²) in [4.78, 5) is 21.3. The normalized spacial score (nSPS) is 9.40. The molecule has 15 heavy (non-hydrogen) atoms. The fraction of sp³-hybridized carbons (Fsp3) is 0.200. The van der Waals surface area contributed by atoms with Gasteiger partial charge in [-0.1, -0.05) is 0 Å². The molecule has 0 saturated carbocycles. The quantitative estimate of drug-likeness (QED) is 0.757. The summed E-state index contributed by atoms with van der Waals surface area (Å²) in [5.41, 5.74) is 0.183. The molecule has 0 bridgehead atoms. The van der Waals surface area contributed by atoms with Crippen molar-refractivity contribution in [2.24, 2.45) is 0 Å². The SMILES string of the molecule is CNC(=O)COc1ccc(C(=O)O)cc1. The summed E-state index contributed by atoms with van der Waals surface area (Å²) in [6.45, 7) is -0.0804. The highest BCUT2D eigenvalue weighted by molar-refractivity contribution is 5.87. The predicted molar refractivity (Wildman–Crippen MR) is 53.0 cm³/mol. The van der Waals surface area contributed by atoms with Crippen LogP contribution in [0.4, 0.5) is 0 Å². The highest BCUT2D eigenvalue weighted by atomic mass is 16.5. The maximum atomic E-state index is 10.8. The summed E-state index contributed by atoms with van der Waals surface area (Å²) in [6, 6.07) is 5.85. The first-order valence-corrected chi connectivity index (χ1v) is 4.30. The highest BCUT2D eigenvalue weighted by Crippen LogP contribution is 2.11. The topological polar surface area (TPSA) is 75.6 Å². The largest absolute Gasteiger partial charge is 0.484 e. The Kier molecular flexibility index (Phi) is 3.68. The van der Waals surface area contributed by atoms with E-state index < -0.39 is 5.97 Å². The molecule has 0 aliphatic rings. The van der Waals surface area contributed by atoms with Crippen molar-refractivity contribution in [1.82, 2.24) is 5.32 Å². The average molecular weight is 209 g/mol. The lowest BCUT2D eigenvalue weighted by Crippen LogP contribution is -2.24. The number of carbonyl (C=O) groups is 2. The van der Waals surface area contributed by atoms with Crippen molar-refractivity contribution in [2.75, 3.05) is 13.7 Å². The number of aromatic carboxylic acids is 1. The molecule has 1 rings (SSSR count). The Morgan fingerprint density at radius 3 is 2.40 bits per heavy atom. The molecule has 5 nitrogen and oxygen atoms in total. The molecule has 0 spiro atoms. The van der Waals surface area contributed by atoms with Gasteiger partial charge in [0.25, 0.3) is 5.91 Å². The van der Waals surface area contributed by atoms with Crippen LogP contribution in [0.1, 0.15) is 10.4 Å². The second kappa shape index (κ2) is 4.99. The minimum Gasteiger partial charge on any atom is -0.484 e. The predicted octanol–water partition coefficient (Wildman–Crippen LogP) is 0.510. The van der Waals surface area contributed by atoms with E-state index in [0.717, 1.165) is 0 Å². The molecule has 0 heterocycles. The van der Waals surface area contributed by atoms with Crippen LogP contribution in [0.3, 0.4) is 0 Å². The van der Waals surface area contributed by atoms with Crippen LogP contribution in [0.15, 0.2) is 24.3 Å². The Balaban J connectivity index is 2.57. The van der Waals surface area contributed by atoms with E-state index in [2.05, 4.69) is 5.32 Å². The van der Waals surface area contributed by atoms with E-state index in [1.165, 1.54) is 31.3 Å². The Bertz CT molecular complexity index is 358. The fourth-order valence-corrected chi connectivity index (χ4v) is 0.915. The van der Waals surface area contributed by atoms with E-state index in [-0.39, 0.29) is 18.1 Å². The van der Waals surface area contributed by atoms with Gasteiger partial charge in [0.1, 0.15) is 5.75 Å². The Labute approximate surface area is 86.7 Å². The van der Waals surface area contributed by atoms with Crippen molar-refractivity contribution in [3.8, 4) is 5.75 Å². The Morgan fingerprint density at radius 1 is 1.33 bits per heavy atom. The number of ether oxygens (including phenoxy) is 1. The van der Waals surface area contributed by atoms with Gasteiger partial charge >= 0.3 is 5.97 Å². The molecule has 0 unspecified atom stereocenters. The van der Waals surface area contributed by atoms with Crippen molar-refractivity contribution >= 4 is 11.9 Å². The van der Waals surface area contributed by atoms with Gasteiger partial charge in [-0.05, 0) is 24.3 Å². The number of nitrogens with one attached hydrogen (secondary N) is 1. The van der Waals surface area contributed by atoms with Crippen LogP contribution in [0.5, 0.6) is 5.75 Å². The molecule has 80 valence electrons. The number of likely N-dealkylation sites (N-methyl/N-ethyl adjacent to an activating group) is 1. The van der Waals surface area contributed by atoms with E-state index in [1.54, 1.807) is 0 Å². The third-order valence-electron chi connectivity index (χ3n) is 1.75. The smallest absolute Gasteiger partial charge is 0.335 e. The molecular weight excluding hydrogens is 198 g/mol. The molecule has 0 saturated heterocycles. The first-order chi connectivity index (χ1) is 7.13. The maximum Gasteiger partial charge on any atom is 0.335 e. The van der Waals surface area contributed by atoms with Gasteiger partial charge in [0.15, 0.2) is 6.61 Å². The number of carbonyl (C=O) groups excluding carboxylic acids is 1. The third-order valence-corrected chi connectivity index (χ3v) is 1.75. The van der Waals surface area contributed by atoms with Gasteiger partial charge in [0.2, 0.25) is 0 Å². The lowest BCUT2D eigenvalue weighted by atomic mass is 10.2. The molecule has 0 aromatic heterocycles. The van der Waals surface area contributed by atoms with Crippen molar-refractivity contribution in [3.05, 3.63) is 29.8 Å². The van der Waals surface area contributed by atoms with Crippen LogP contribution in [0.2, 0.25) is 0 Å².